The van der Waals surface area contributed by atoms with E-state index in [0.29, 0.717) is 11.5 Å². The second-order valence-corrected chi connectivity index (χ2v) is 29.2. The zero-order chi connectivity index (χ0) is 58.0. The van der Waals surface area contributed by atoms with E-state index in [1.165, 1.54) is 43.0 Å². The molecule has 424 valence electrons. The number of rotatable bonds is 11. The van der Waals surface area contributed by atoms with Crippen LogP contribution in [0.5, 0.6) is 11.5 Å². The molecule has 0 saturated carbocycles. The Hall–Kier alpha value is -8.54. The summed E-state index contributed by atoms with van der Waals surface area (Å²) in [6.07, 6.45) is 1.92. The van der Waals surface area contributed by atoms with Crippen molar-refractivity contribution in [2.45, 2.75) is 78.6 Å². The van der Waals surface area contributed by atoms with Gasteiger partial charge < -0.3 is 19.1 Å². The molecule has 0 fully saturated rings. The quantitative estimate of drug-likeness (QED) is 0.0734. The summed E-state index contributed by atoms with van der Waals surface area (Å²) in [7, 11) is -2.86. The van der Waals surface area contributed by atoms with Crippen LogP contribution in [0.2, 0.25) is 0 Å². The van der Waals surface area contributed by atoms with E-state index in [-0.39, 0.29) is 37.3 Å². The molecule has 5 nitrogen and oxygen atoms in total. The average Bonchev–Trinajstić information content (AvgIpc) is 1.84. The van der Waals surface area contributed by atoms with Crippen molar-refractivity contribution in [3.8, 4) is 39.6 Å². The van der Waals surface area contributed by atoms with Crippen LogP contribution in [0.4, 0.5) is 22.7 Å². The summed E-state index contributed by atoms with van der Waals surface area (Å²) in [5.41, 5.74) is 14.1. The molecule has 10 aromatic carbocycles. The minimum Gasteiger partial charge on any atom is -0.509 e. The van der Waals surface area contributed by atoms with E-state index in [4.69, 9.17) is 9.72 Å². The van der Waals surface area contributed by atoms with E-state index in [9.17, 15) is 0 Å². The summed E-state index contributed by atoms with van der Waals surface area (Å²) in [6, 6.07) is 96.3. The van der Waals surface area contributed by atoms with Crippen LogP contribution in [-0.4, -0.2) is 17.6 Å². The Morgan fingerprint density at radius 1 is 0.435 bits per heavy atom. The molecule has 0 unspecified atom stereocenters. The number of aromatic nitrogens is 2. The van der Waals surface area contributed by atoms with Crippen molar-refractivity contribution in [2.24, 2.45) is 0 Å². The van der Waals surface area contributed by atoms with Gasteiger partial charge in [0.25, 0.3) is 0 Å². The van der Waals surface area contributed by atoms with Crippen LogP contribution in [0.1, 0.15) is 79.0 Å². The number of para-hydroxylation sites is 1. The van der Waals surface area contributed by atoms with Crippen LogP contribution in [0.25, 0.3) is 49.9 Å². The molecule has 0 bridgehead atoms. The summed E-state index contributed by atoms with van der Waals surface area (Å²) < 4.78 is 9.13. The summed E-state index contributed by atoms with van der Waals surface area (Å²) >= 11 is 0. The van der Waals surface area contributed by atoms with Crippen LogP contribution in [0, 0.1) is 18.8 Å². The van der Waals surface area contributed by atoms with Gasteiger partial charge in [0.1, 0.15) is 5.82 Å². The molecule has 2 aromatic heterocycles. The molecule has 0 N–H and O–H groups in total. The molecule has 0 saturated heterocycles. The summed E-state index contributed by atoms with van der Waals surface area (Å²) in [5.74, 6) is 2.00. The third-order valence-electron chi connectivity index (χ3n) is 16.7. The average molecular weight is 1300 g/mol. The molecule has 12 aromatic rings. The first kappa shape index (κ1) is 56.9. The monoisotopic (exact) mass is 1300 g/mol. The van der Waals surface area contributed by atoms with Crippen LogP contribution >= 0.6 is 0 Å². The molecular formula is C78H69N4OPtSi-3. The molecule has 0 radical (unpaired) electrons. The maximum absolute atomic E-state index is 6.90. The number of benzene rings is 10. The van der Waals surface area contributed by atoms with Gasteiger partial charge in [0.2, 0.25) is 0 Å². The molecule has 1 aliphatic heterocycles. The molecule has 0 spiro atoms. The SMILES string of the molecule is CC(C)(C)c1cc(N2[CH-]N(c3[c-]c(Oc4[c-]c5c(cc4)c4cc(-c6ccccc6)ccc4n5-c4cc(C(C)(C)C)ccn4)ccc3)c3cccc(-c4cccc([Si](c5ccccc5)(c5ccccc5)c5ccccc5)c4)c32)cc(C(C)(C)C)c1.[Pt]. The van der Waals surface area contributed by atoms with Crippen molar-refractivity contribution in [1.29, 1.82) is 0 Å². The first-order chi connectivity index (χ1) is 40.5. The van der Waals surface area contributed by atoms with E-state index in [0.717, 1.165) is 67.1 Å². The maximum Gasteiger partial charge on any atom is 0.179 e. The van der Waals surface area contributed by atoms with Gasteiger partial charge in [0, 0.05) is 66.9 Å². The second kappa shape index (κ2) is 22.5. The molecule has 85 heavy (non-hydrogen) atoms. The predicted octanol–water partition coefficient (Wildman–Crippen LogP) is 17.6. The van der Waals surface area contributed by atoms with E-state index in [1.807, 2.05) is 18.3 Å². The van der Waals surface area contributed by atoms with Crippen molar-refractivity contribution in [2.75, 3.05) is 9.80 Å². The van der Waals surface area contributed by atoms with E-state index >= 15 is 0 Å². The standard InChI is InChI=1S/C78H69N4OSi.Pt/c1-76(2,3)57-43-44-79-74(50-57)82-71-42-39-55(54-25-14-10-15-26-54)46-70(71)69-41-40-63(52-73(69)82)83-62-29-23-28-60(51-62)80-53-81(61-48-58(77(4,5)6)47-59(49-61)78(7,8)9)75-68(37-24-38-72(75)80)56-27-22-36-67(45-56)84(64-30-16-11-17-31-64,65-32-18-12-19-33-65)66-34-20-13-21-35-66;/h10-50,53H,1-9H3;/q-3;. The van der Waals surface area contributed by atoms with Crippen molar-refractivity contribution < 1.29 is 25.8 Å². The Morgan fingerprint density at radius 3 is 1.62 bits per heavy atom. The van der Waals surface area contributed by atoms with Crippen LogP contribution in [-0.2, 0) is 37.3 Å². The summed E-state index contributed by atoms with van der Waals surface area (Å²) in [6.45, 7) is 22.8. The largest absolute Gasteiger partial charge is 0.509 e. The van der Waals surface area contributed by atoms with Gasteiger partial charge in [-0.3, -0.25) is 0 Å². The van der Waals surface area contributed by atoms with E-state index < -0.39 is 8.07 Å². The second-order valence-electron chi connectivity index (χ2n) is 25.4. The number of pyridine rings is 1. The number of nitrogens with zero attached hydrogens (tertiary/aromatic N) is 4. The first-order valence-electron chi connectivity index (χ1n) is 29.3. The van der Waals surface area contributed by atoms with Crippen molar-refractivity contribution in [1.82, 2.24) is 9.55 Å². The topological polar surface area (TPSA) is 33.5 Å². The third-order valence-corrected chi connectivity index (χ3v) is 21.5. The van der Waals surface area contributed by atoms with Gasteiger partial charge in [0.15, 0.2) is 8.07 Å². The minimum atomic E-state index is -2.86. The summed E-state index contributed by atoms with van der Waals surface area (Å²) in [4.78, 5) is 9.67. The Labute approximate surface area is 517 Å². The smallest absolute Gasteiger partial charge is 0.179 e. The molecule has 0 amide bonds. The number of fused-ring (bicyclic) bond motifs is 4. The van der Waals surface area contributed by atoms with Gasteiger partial charge in [-0.25, -0.2) is 4.98 Å². The Balaban J connectivity index is 0.00000709. The number of hydrogen-bond donors (Lipinski definition) is 0. The number of anilines is 4. The van der Waals surface area contributed by atoms with Crippen LogP contribution in [0.3, 0.4) is 0 Å². The molecule has 0 aliphatic carbocycles. The van der Waals surface area contributed by atoms with Gasteiger partial charge in [-0.1, -0.05) is 244 Å². The van der Waals surface area contributed by atoms with Gasteiger partial charge in [-0.15, -0.1) is 48.1 Å². The molecule has 3 heterocycles. The van der Waals surface area contributed by atoms with Crippen LogP contribution in [0.15, 0.2) is 249 Å². The fourth-order valence-corrected chi connectivity index (χ4v) is 17.0. The number of ether oxygens (including phenoxy) is 1. The van der Waals surface area contributed by atoms with Crippen LogP contribution < -0.4 is 35.3 Å². The fourth-order valence-electron chi connectivity index (χ4n) is 12.2. The fraction of sp³-hybridized carbons (Fsp3) is 0.154. The summed E-state index contributed by atoms with van der Waals surface area (Å²) in [5, 5.41) is 7.52. The zero-order valence-corrected chi connectivity index (χ0v) is 53.0. The van der Waals surface area contributed by atoms with Crippen molar-refractivity contribution >= 4 is 73.4 Å². The molecule has 0 atom stereocenters. The predicted molar refractivity (Wildman–Crippen MR) is 355 cm³/mol. The van der Waals surface area contributed by atoms with Gasteiger partial charge in [0.05, 0.1) is 0 Å². The van der Waals surface area contributed by atoms with Gasteiger partial charge in [-0.05, 0) is 112 Å². The van der Waals surface area contributed by atoms with Gasteiger partial charge in [-0.2, -0.15) is 12.1 Å². The van der Waals surface area contributed by atoms with E-state index in [2.05, 4.69) is 326 Å². The number of hydrogen-bond acceptors (Lipinski definition) is 4. The Kier molecular flexibility index (Phi) is 15.0. The minimum absolute atomic E-state index is 0. The maximum atomic E-state index is 6.90. The Bertz CT molecular complexity index is 4260. The molecule has 7 heteroatoms. The Morgan fingerprint density at radius 2 is 1.00 bits per heavy atom. The first-order valence-corrected chi connectivity index (χ1v) is 31.3. The molecular weight excluding hydrogens is 1230 g/mol. The molecule has 1 aliphatic rings. The van der Waals surface area contributed by atoms with Gasteiger partial charge >= 0.3 is 0 Å². The van der Waals surface area contributed by atoms with Crippen molar-refractivity contribution in [3.63, 3.8) is 0 Å². The third kappa shape index (κ3) is 10.7. The zero-order valence-electron chi connectivity index (χ0n) is 49.8. The molecule has 13 rings (SSSR count). The van der Waals surface area contributed by atoms with E-state index in [1.54, 1.807) is 0 Å². The normalized spacial score (nSPS) is 12.8. The van der Waals surface area contributed by atoms with Crippen molar-refractivity contribution in [3.05, 3.63) is 284 Å².